The van der Waals surface area contributed by atoms with Crippen molar-refractivity contribution in [2.24, 2.45) is 0 Å². The molecule has 0 aliphatic carbocycles. The van der Waals surface area contributed by atoms with Crippen LogP contribution in [0.15, 0.2) is 24.3 Å². The van der Waals surface area contributed by atoms with Crippen LogP contribution in [-0.4, -0.2) is 25.8 Å². The summed E-state index contributed by atoms with van der Waals surface area (Å²) in [7, 11) is 0. The third kappa shape index (κ3) is 2.76. The Kier molecular flexibility index (Phi) is 3.34. The van der Waals surface area contributed by atoms with Crippen molar-refractivity contribution in [3.05, 3.63) is 35.6 Å². The molecule has 1 atom stereocenters. The largest absolute Gasteiger partial charge is 0.378 e. The van der Waals surface area contributed by atoms with E-state index in [4.69, 9.17) is 4.74 Å². The van der Waals surface area contributed by atoms with Crippen LogP contribution in [0.5, 0.6) is 0 Å². The summed E-state index contributed by atoms with van der Waals surface area (Å²) in [5.74, 6) is 0.174. The first kappa shape index (κ1) is 10.6. The van der Waals surface area contributed by atoms with E-state index in [1.54, 1.807) is 12.1 Å². The predicted octanol–water partition coefficient (Wildman–Crippen LogP) is 1.92. The monoisotopic (exact) mass is 209 g/mol. The molecular weight excluding hydrogens is 193 g/mol. The average Bonchev–Trinajstić information content (AvgIpc) is 2.15. The van der Waals surface area contributed by atoms with Crippen LogP contribution in [0, 0.1) is 5.82 Å². The lowest BCUT2D eigenvalue weighted by Gasteiger charge is -2.28. The van der Waals surface area contributed by atoms with Crippen molar-refractivity contribution in [1.82, 2.24) is 5.32 Å². The molecule has 0 aromatic heterocycles. The normalized spacial score (nSPS) is 18.5. The summed E-state index contributed by atoms with van der Waals surface area (Å²) < 4.78 is 18.0. The molecule has 15 heavy (non-hydrogen) atoms. The Bertz CT molecular complexity index is 325. The van der Waals surface area contributed by atoms with Crippen LogP contribution in [-0.2, 0) is 4.74 Å². The molecule has 3 heteroatoms. The molecule has 1 aliphatic heterocycles. The third-order valence-corrected chi connectivity index (χ3v) is 2.77. The Labute approximate surface area is 89.4 Å². The molecule has 1 fully saturated rings. The zero-order valence-corrected chi connectivity index (χ0v) is 8.87. The quantitative estimate of drug-likeness (QED) is 0.818. The second-order valence-corrected chi connectivity index (χ2v) is 4.10. The van der Waals surface area contributed by atoms with E-state index in [0.29, 0.717) is 12.0 Å². The summed E-state index contributed by atoms with van der Waals surface area (Å²) in [6.45, 7) is 4.57. The Morgan fingerprint density at radius 3 is 2.93 bits per heavy atom. The summed E-state index contributed by atoms with van der Waals surface area (Å²) in [6.07, 6.45) is 0. The van der Waals surface area contributed by atoms with Gasteiger partial charge in [-0.25, -0.2) is 4.39 Å². The number of benzene rings is 1. The fraction of sp³-hybridized carbons (Fsp3) is 0.500. The van der Waals surface area contributed by atoms with E-state index in [1.165, 1.54) is 6.07 Å². The lowest BCUT2D eigenvalue weighted by Crippen LogP contribution is -2.47. The number of hydrogen-bond donors (Lipinski definition) is 1. The number of rotatable bonds is 4. The molecule has 1 aliphatic rings. The number of hydrogen-bond acceptors (Lipinski definition) is 2. The Morgan fingerprint density at radius 1 is 1.53 bits per heavy atom. The Hall–Kier alpha value is -0.930. The number of nitrogens with one attached hydrogen (secondary N) is 1. The van der Waals surface area contributed by atoms with Crippen molar-refractivity contribution >= 4 is 0 Å². The van der Waals surface area contributed by atoms with Gasteiger partial charge in [0.25, 0.3) is 0 Å². The molecule has 1 aromatic rings. The first-order valence-electron chi connectivity index (χ1n) is 5.32. The van der Waals surface area contributed by atoms with E-state index in [9.17, 15) is 4.39 Å². The zero-order chi connectivity index (χ0) is 10.7. The number of halogens is 1. The van der Waals surface area contributed by atoms with Crippen LogP contribution in [0.1, 0.15) is 18.4 Å². The average molecular weight is 209 g/mol. The molecule has 0 spiro atoms. The van der Waals surface area contributed by atoms with E-state index in [0.717, 1.165) is 25.3 Å². The summed E-state index contributed by atoms with van der Waals surface area (Å²) >= 11 is 0. The maximum Gasteiger partial charge on any atom is 0.123 e. The summed E-state index contributed by atoms with van der Waals surface area (Å²) in [5, 5.41) is 3.39. The molecule has 82 valence electrons. The van der Waals surface area contributed by atoms with Gasteiger partial charge in [-0.15, -0.1) is 0 Å². The lowest BCUT2D eigenvalue weighted by molar-refractivity contribution is -0.00530. The van der Waals surface area contributed by atoms with Gasteiger partial charge in [-0.1, -0.05) is 19.1 Å². The smallest absolute Gasteiger partial charge is 0.123 e. The molecule has 1 saturated heterocycles. The number of ether oxygens (including phenoxy) is 1. The maximum atomic E-state index is 13.0. The second-order valence-electron chi connectivity index (χ2n) is 4.10. The van der Waals surface area contributed by atoms with Crippen molar-refractivity contribution in [3.8, 4) is 0 Å². The van der Waals surface area contributed by atoms with E-state index >= 15 is 0 Å². The first-order chi connectivity index (χ1) is 7.25. The molecule has 1 unspecified atom stereocenters. The van der Waals surface area contributed by atoms with Crippen LogP contribution in [0.25, 0.3) is 0 Å². The van der Waals surface area contributed by atoms with Crippen molar-refractivity contribution in [1.29, 1.82) is 0 Å². The van der Waals surface area contributed by atoms with Gasteiger partial charge in [-0.3, -0.25) is 0 Å². The molecule has 1 N–H and O–H groups in total. The van der Waals surface area contributed by atoms with E-state index in [-0.39, 0.29) is 5.82 Å². The van der Waals surface area contributed by atoms with Crippen molar-refractivity contribution < 1.29 is 9.13 Å². The van der Waals surface area contributed by atoms with E-state index in [1.807, 2.05) is 6.07 Å². The van der Waals surface area contributed by atoms with Gasteiger partial charge in [-0.2, -0.15) is 0 Å². The Balaban J connectivity index is 1.86. The van der Waals surface area contributed by atoms with Crippen LogP contribution in [0.4, 0.5) is 4.39 Å². The van der Waals surface area contributed by atoms with Gasteiger partial charge >= 0.3 is 0 Å². The van der Waals surface area contributed by atoms with Gasteiger partial charge in [0.1, 0.15) is 5.82 Å². The van der Waals surface area contributed by atoms with Gasteiger partial charge in [0.05, 0.1) is 19.3 Å². The van der Waals surface area contributed by atoms with Crippen molar-refractivity contribution in [3.63, 3.8) is 0 Å². The fourth-order valence-corrected chi connectivity index (χ4v) is 1.63. The fourth-order valence-electron chi connectivity index (χ4n) is 1.63. The van der Waals surface area contributed by atoms with E-state index < -0.39 is 0 Å². The van der Waals surface area contributed by atoms with Gasteiger partial charge < -0.3 is 10.1 Å². The van der Waals surface area contributed by atoms with Crippen molar-refractivity contribution in [2.45, 2.75) is 18.9 Å². The molecule has 1 aromatic carbocycles. The molecule has 0 saturated carbocycles. The minimum atomic E-state index is -0.161. The SMILES string of the molecule is CC(CNC1COC1)c1cccc(F)c1. The molecular formula is C12H16FNO. The predicted molar refractivity (Wildman–Crippen MR) is 57.4 cm³/mol. The van der Waals surface area contributed by atoms with Crippen LogP contribution >= 0.6 is 0 Å². The topological polar surface area (TPSA) is 21.3 Å². The maximum absolute atomic E-state index is 13.0. The first-order valence-corrected chi connectivity index (χ1v) is 5.32. The highest BCUT2D eigenvalue weighted by Gasteiger charge is 2.18. The van der Waals surface area contributed by atoms with Gasteiger partial charge in [0.15, 0.2) is 0 Å². The molecule has 0 bridgehead atoms. The third-order valence-electron chi connectivity index (χ3n) is 2.77. The minimum Gasteiger partial charge on any atom is -0.378 e. The minimum absolute atomic E-state index is 0.161. The van der Waals surface area contributed by atoms with Crippen molar-refractivity contribution in [2.75, 3.05) is 19.8 Å². The molecule has 0 amide bonds. The highest BCUT2D eigenvalue weighted by Crippen LogP contribution is 2.15. The molecule has 2 rings (SSSR count). The van der Waals surface area contributed by atoms with E-state index in [2.05, 4.69) is 12.2 Å². The van der Waals surface area contributed by atoms with Crippen LogP contribution in [0.3, 0.4) is 0 Å². The zero-order valence-electron chi connectivity index (χ0n) is 8.87. The Morgan fingerprint density at radius 2 is 2.33 bits per heavy atom. The highest BCUT2D eigenvalue weighted by atomic mass is 19.1. The van der Waals surface area contributed by atoms with Gasteiger partial charge in [-0.05, 0) is 23.6 Å². The standard InChI is InChI=1S/C12H16FNO/c1-9(6-14-12-7-15-8-12)10-3-2-4-11(13)5-10/h2-5,9,12,14H,6-8H2,1H3. The van der Waals surface area contributed by atoms with Gasteiger partial charge in [0.2, 0.25) is 0 Å². The summed E-state index contributed by atoms with van der Waals surface area (Å²) in [4.78, 5) is 0. The van der Waals surface area contributed by atoms with Gasteiger partial charge in [0, 0.05) is 6.54 Å². The summed E-state index contributed by atoms with van der Waals surface area (Å²) in [5.41, 5.74) is 1.04. The second kappa shape index (κ2) is 4.73. The molecule has 1 heterocycles. The van der Waals surface area contributed by atoms with Crippen LogP contribution in [0.2, 0.25) is 0 Å². The summed E-state index contributed by atoms with van der Waals surface area (Å²) in [6, 6.07) is 7.29. The lowest BCUT2D eigenvalue weighted by atomic mass is 10.0. The highest BCUT2D eigenvalue weighted by molar-refractivity contribution is 5.20. The molecule has 0 radical (unpaired) electrons. The van der Waals surface area contributed by atoms with Crippen LogP contribution < -0.4 is 5.32 Å². The molecule has 2 nitrogen and oxygen atoms in total.